The zero-order chi connectivity index (χ0) is 53.4. The Kier molecular flexibility index (Phi) is 38.0. The van der Waals surface area contributed by atoms with Gasteiger partial charge in [-0.15, -0.1) is 70.6 Å². The van der Waals surface area contributed by atoms with Gasteiger partial charge >= 0.3 is 0 Å². The molecule has 0 aliphatic heterocycles. The van der Waals surface area contributed by atoms with E-state index in [1.165, 1.54) is 234 Å². The summed E-state index contributed by atoms with van der Waals surface area (Å²) in [5.74, 6) is 8.65. The Bertz CT molecular complexity index is 1870. The molecular formula is C64H102N5S6. The second kappa shape index (κ2) is 43.2. The molecule has 3 aromatic carbocycles. The smallest absolute Gasteiger partial charge is 0.232 e. The van der Waals surface area contributed by atoms with Crippen LogP contribution in [0.2, 0.25) is 0 Å². The van der Waals surface area contributed by atoms with Crippen LogP contribution >= 0.6 is 70.6 Å². The number of nitrogens with one attached hydrogen (secondary N) is 2. The van der Waals surface area contributed by atoms with E-state index < -0.39 is 0 Å². The molecule has 1 radical (unpaired) electrons. The number of unbranched alkanes of at least 4 members (excludes halogenated alkanes) is 24. The van der Waals surface area contributed by atoms with Crippen molar-refractivity contribution < 1.29 is 0 Å². The third-order valence-electron chi connectivity index (χ3n) is 13.4. The number of rotatable bonds is 47. The van der Waals surface area contributed by atoms with Gasteiger partial charge < -0.3 is 10.6 Å². The molecule has 2 N–H and O–H groups in total. The molecule has 1 heterocycles. The molecule has 419 valence electrons. The largest absolute Gasteiger partial charge is 0.324 e. The molecule has 0 spiro atoms. The Labute approximate surface area is 486 Å². The van der Waals surface area contributed by atoms with Gasteiger partial charge in [0, 0.05) is 46.3 Å². The van der Waals surface area contributed by atoms with Gasteiger partial charge in [0.1, 0.15) is 0 Å². The summed E-state index contributed by atoms with van der Waals surface area (Å²) in [4.78, 5) is 24.1. The second-order valence-corrected chi connectivity index (χ2v) is 27.2. The first-order valence-corrected chi connectivity index (χ1v) is 36.2. The first kappa shape index (κ1) is 65.9. The molecule has 0 aliphatic rings. The van der Waals surface area contributed by atoms with Crippen LogP contribution in [-0.2, 0) is 0 Å². The van der Waals surface area contributed by atoms with Crippen molar-refractivity contribution in [1.82, 2.24) is 15.0 Å². The molecular weight excluding hydrogens is 1030 g/mol. The number of hydrogen-bond acceptors (Lipinski definition) is 11. The fraction of sp³-hybridized carbons (Fsp3) is 0.656. The lowest BCUT2D eigenvalue weighted by Crippen LogP contribution is -2.06. The molecule has 4 aromatic rings. The zero-order valence-electron chi connectivity index (χ0n) is 48.1. The van der Waals surface area contributed by atoms with E-state index in [0.29, 0.717) is 17.7 Å². The van der Waals surface area contributed by atoms with Crippen molar-refractivity contribution in [3.8, 4) is 11.4 Å². The van der Waals surface area contributed by atoms with E-state index in [2.05, 4.69) is 178 Å². The van der Waals surface area contributed by atoms with Crippen LogP contribution in [0.5, 0.6) is 0 Å². The quantitative estimate of drug-likeness (QED) is 0.0329. The average molecular weight is 1130 g/mol. The van der Waals surface area contributed by atoms with Crippen molar-refractivity contribution >= 4 is 93.8 Å². The van der Waals surface area contributed by atoms with Gasteiger partial charge in [-0.2, -0.15) is 15.0 Å². The highest BCUT2D eigenvalue weighted by Gasteiger charge is 2.19. The number of anilines is 4. The fourth-order valence-corrected chi connectivity index (χ4v) is 16.4. The van der Waals surface area contributed by atoms with Crippen LogP contribution in [0.25, 0.3) is 11.4 Å². The first-order valence-electron chi connectivity index (χ1n) is 30.3. The van der Waals surface area contributed by atoms with Crippen molar-refractivity contribution in [2.24, 2.45) is 0 Å². The maximum atomic E-state index is 5.22. The average Bonchev–Trinajstić information content (AvgIpc) is 3.41. The van der Waals surface area contributed by atoms with E-state index in [1.54, 1.807) is 0 Å². The minimum absolute atomic E-state index is 0.558. The molecule has 0 saturated carbocycles. The highest BCUT2D eigenvalue weighted by Crippen LogP contribution is 2.45. The second-order valence-electron chi connectivity index (χ2n) is 20.4. The zero-order valence-corrected chi connectivity index (χ0v) is 53.0. The minimum Gasteiger partial charge on any atom is -0.324 e. The van der Waals surface area contributed by atoms with Crippen LogP contribution in [0.4, 0.5) is 23.3 Å². The van der Waals surface area contributed by atoms with Gasteiger partial charge in [0.25, 0.3) is 0 Å². The molecule has 0 aliphatic carbocycles. The lowest BCUT2D eigenvalue weighted by Gasteiger charge is -2.19. The summed E-state index contributed by atoms with van der Waals surface area (Å²) in [6.07, 6.45) is 39.0. The Balaban J connectivity index is 1.77. The molecule has 5 nitrogen and oxygen atoms in total. The number of nitrogens with zero attached hydrogens (tertiary/aromatic N) is 3. The van der Waals surface area contributed by atoms with Crippen molar-refractivity contribution in [3.05, 3.63) is 61.0 Å². The molecule has 11 heteroatoms. The highest BCUT2D eigenvalue weighted by atomic mass is 32.2. The lowest BCUT2D eigenvalue weighted by atomic mass is 10.1. The predicted octanol–water partition coefficient (Wildman–Crippen LogP) is 23.6. The van der Waals surface area contributed by atoms with Gasteiger partial charge in [0.05, 0.1) is 0 Å². The summed E-state index contributed by atoms with van der Waals surface area (Å²) in [6.45, 7) is 18.0. The number of hydrogen-bond donors (Lipinski definition) is 2. The van der Waals surface area contributed by atoms with Crippen LogP contribution in [0.15, 0.2) is 77.9 Å². The molecule has 0 bridgehead atoms. The van der Waals surface area contributed by atoms with E-state index >= 15 is 0 Å². The van der Waals surface area contributed by atoms with E-state index in [4.69, 9.17) is 15.0 Å². The number of benzene rings is 3. The van der Waals surface area contributed by atoms with Crippen molar-refractivity contribution in [3.63, 3.8) is 0 Å². The summed E-state index contributed by atoms with van der Waals surface area (Å²) in [6, 6.07) is 17.9. The van der Waals surface area contributed by atoms with Gasteiger partial charge in [0.15, 0.2) is 5.82 Å². The van der Waals surface area contributed by atoms with Gasteiger partial charge in [-0.05, 0) is 110 Å². The van der Waals surface area contributed by atoms with Crippen LogP contribution in [0, 0.1) is 6.92 Å². The lowest BCUT2D eigenvalue weighted by molar-refractivity contribution is 0.658. The Morgan fingerprint density at radius 2 is 0.600 bits per heavy atom. The summed E-state index contributed by atoms with van der Waals surface area (Å²) in [7, 11) is 0. The maximum absolute atomic E-state index is 5.22. The van der Waals surface area contributed by atoms with Crippen LogP contribution < -0.4 is 10.6 Å². The van der Waals surface area contributed by atoms with E-state index in [-0.39, 0.29) is 0 Å². The SMILES string of the molecule is [CH2]c1ccc(-c2nc(Nc3cc(SCCCCCCC)c(SCCCCCCC)c(SCCCCCCC)c3)nc(Nc3cc(SCCCCCCC)c(SCCCCCCC)c(SCCCCCCC)c3)n2)cc1. The summed E-state index contributed by atoms with van der Waals surface area (Å²) >= 11 is 12.4. The van der Waals surface area contributed by atoms with Gasteiger partial charge in [-0.1, -0.05) is 220 Å². The van der Waals surface area contributed by atoms with Crippen LogP contribution in [-0.4, -0.2) is 49.5 Å². The third kappa shape index (κ3) is 28.4. The monoisotopic (exact) mass is 1130 g/mol. The van der Waals surface area contributed by atoms with E-state index in [0.717, 1.165) is 45.5 Å². The molecule has 0 atom stereocenters. The van der Waals surface area contributed by atoms with E-state index in [9.17, 15) is 0 Å². The molecule has 4 rings (SSSR count). The molecule has 75 heavy (non-hydrogen) atoms. The Hall–Kier alpha value is -1.63. The van der Waals surface area contributed by atoms with Crippen molar-refractivity contribution in [2.75, 3.05) is 45.2 Å². The van der Waals surface area contributed by atoms with Crippen molar-refractivity contribution in [1.29, 1.82) is 0 Å². The maximum Gasteiger partial charge on any atom is 0.232 e. The van der Waals surface area contributed by atoms with Gasteiger partial charge in [-0.3, -0.25) is 0 Å². The fourth-order valence-electron chi connectivity index (χ4n) is 8.85. The summed E-state index contributed by atoms with van der Waals surface area (Å²) in [5.41, 5.74) is 4.02. The molecule has 0 fully saturated rings. The Morgan fingerprint density at radius 3 is 0.880 bits per heavy atom. The summed E-state index contributed by atoms with van der Waals surface area (Å²) < 4.78 is 0. The molecule has 0 amide bonds. The Morgan fingerprint density at radius 1 is 0.333 bits per heavy atom. The molecule has 0 saturated heterocycles. The predicted molar refractivity (Wildman–Crippen MR) is 346 cm³/mol. The van der Waals surface area contributed by atoms with Gasteiger partial charge in [0.2, 0.25) is 11.9 Å². The van der Waals surface area contributed by atoms with Crippen LogP contribution in [0.3, 0.4) is 0 Å². The van der Waals surface area contributed by atoms with E-state index in [1.807, 2.05) is 0 Å². The minimum atomic E-state index is 0.558. The summed E-state index contributed by atoms with van der Waals surface area (Å²) in [5, 5.41) is 7.59. The standard InChI is InChI=1S/C64H102N5S6/c1-8-14-20-26-32-42-70-56-48-54(49-57(71-43-33-27-21-15-9-2)60(56)74-46-36-30-24-18-12-5)65-63-67-62(53-40-38-52(7)39-41-53)68-64(69-63)66-55-50-58(72-44-34-28-22-16-10-3)61(75-47-37-31-25-19-13-6)59(51-55)73-45-35-29-23-17-11-4/h38-41,48-51H,7-37,42-47H2,1-6H3,(H2,65,66,67,68,69). The highest BCUT2D eigenvalue weighted by molar-refractivity contribution is 8.04. The normalized spacial score (nSPS) is 11.5. The number of thioether (sulfide) groups is 6. The molecule has 1 aromatic heterocycles. The topological polar surface area (TPSA) is 62.7 Å². The third-order valence-corrected chi connectivity index (χ3v) is 20.9. The van der Waals surface area contributed by atoms with Crippen LogP contribution in [0.1, 0.15) is 240 Å². The van der Waals surface area contributed by atoms with Gasteiger partial charge in [-0.25, -0.2) is 0 Å². The molecule has 0 unspecified atom stereocenters. The number of aromatic nitrogens is 3. The van der Waals surface area contributed by atoms with Crippen molar-refractivity contribution in [2.45, 2.75) is 264 Å². The first-order chi connectivity index (χ1) is 36.9.